The molecule has 1 heterocycles. The summed E-state index contributed by atoms with van der Waals surface area (Å²) in [6.45, 7) is 3.99. The van der Waals surface area contributed by atoms with Gasteiger partial charge in [-0.1, -0.05) is 29.8 Å². The topological polar surface area (TPSA) is 42.2 Å². The number of nitrogens with one attached hydrogen (secondary N) is 1. The molecule has 1 atom stereocenters. The second-order valence-corrected chi connectivity index (χ2v) is 4.09. The first-order chi connectivity index (χ1) is 8.16. The number of rotatable bonds is 3. The highest BCUT2D eigenvalue weighted by Gasteiger charge is 2.13. The summed E-state index contributed by atoms with van der Waals surface area (Å²) in [7, 11) is 0. The molecule has 0 bridgehead atoms. The lowest BCUT2D eigenvalue weighted by Gasteiger charge is -2.13. The summed E-state index contributed by atoms with van der Waals surface area (Å²) in [5.74, 6) is 0.147. The third kappa shape index (κ3) is 2.75. The largest absolute Gasteiger partial charge is 0.459 e. The van der Waals surface area contributed by atoms with Crippen molar-refractivity contribution in [2.75, 3.05) is 0 Å². The summed E-state index contributed by atoms with van der Waals surface area (Å²) in [5.41, 5.74) is 2.27. The van der Waals surface area contributed by atoms with Gasteiger partial charge in [0, 0.05) is 0 Å². The van der Waals surface area contributed by atoms with Gasteiger partial charge in [0.05, 0.1) is 12.3 Å². The predicted octanol–water partition coefficient (Wildman–Crippen LogP) is 3.08. The molecular formula is C14H15NO2. The van der Waals surface area contributed by atoms with E-state index in [1.165, 1.54) is 11.8 Å². The van der Waals surface area contributed by atoms with Gasteiger partial charge in [-0.3, -0.25) is 4.79 Å². The van der Waals surface area contributed by atoms with Gasteiger partial charge in [0.1, 0.15) is 0 Å². The monoisotopic (exact) mass is 229 g/mol. The molecule has 2 rings (SSSR count). The highest BCUT2D eigenvalue weighted by molar-refractivity contribution is 5.91. The fourth-order valence-electron chi connectivity index (χ4n) is 1.70. The molecule has 0 unspecified atom stereocenters. The minimum absolute atomic E-state index is 0.0347. The fraction of sp³-hybridized carbons (Fsp3) is 0.214. The molecule has 1 aromatic carbocycles. The van der Waals surface area contributed by atoms with Crippen molar-refractivity contribution < 1.29 is 9.21 Å². The van der Waals surface area contributed by atoms with E-state index in [0.717, 1.165) is 5.56 Å². The Hall–Kier alpha value is -2.03. The molecule has 1 aromatic heterocycles. The second-order valence-electron chi connectivity index (χ2n) is 4.09. The van der Waals surface area contributed by atoms with Crippen LogP contribution in [0.2, 0.25) is 0 Å². The van der Waals surface area contributed by atoms with Gasteiger partial charge in [-0.25, -0.2) is 0 Å². The molecule has 3 nitrogen and oxygen atoms in total. The van der Waals surface area contributed by atoms with Crippen molar-refractivity contribution in [2.24, 2.45) is 0 Å². The first-order valence-corrected chi connectivity index (χ1v) is 5.58. The first-order valence-electron chi connectivity index (χ1n) is 5.58. The molecule has 0 spiro atoms. The van der Waals surface area contributed by atoms with Crippen LogP contribution in [0, 0.1) is 6.92 Å². The highest BCUT2D eigenvalue weighted by atomic mass is 16.3. The summed E-state index contributed by atoms with van der Waals surface area (Å²) in [5, 5.41) is 2.89. The quantitative estimate of drug-likeness (QED) is 0.878. The van der Waals surface area contributed by atoms with Gasteiger partial charge in [0.2, 0.25) is 0 Å². The zero-order valence-electron chi connectivity index (χ0n) is 9.94. The molecule has 2 aromatic rings. The molecule has 0 fully saturated rings. The normalized spacial score (nSPS) is 12.1. The summed E-state index contributed by atoms with van der Waals surface area (Å²) in [6, 6.07) is 11.4. The minimum atomic E-state index is -0.191. The molecule has 17 heavy (non-hydrogen) atoms. The van der Waals surface area contributed by atoms with E-state index in [4.69, 9.17) is 4.42 Å². The number of carbonyl (C=O) groups is 1. The van der Waals surface area contributed by atoms with E-state index in [-0.39, 0.29) is 11.9 Å². The van der Waals surface area contributed by atoms with Gasteiger partial charge in [-0.2, -0.15) is 0 Å². The Morgan fingerprint density at radius 2 is 2.12 bits per heavy atom. The molecule has 1 amide bonds. The maximum Gasteiger partial charge on any atom is 0.287 e. The maximum atomic E-state index is 11.8. The lowest BCUT2D eigenvalue weighted by molar-refractivity contribution is 0.0912. The van der Waals surface area contributed by atoms with Crippen molar-refractivity contribution in [2.45, 2.75) is 19.9 Å². The van der Waals surface area contributed by atoms with Gasteiger partial charge in [0.15, 0.2) is 5.76 Å². The number of amides is 1. The molecule has 88 valence electrons. The van der Waals surface area contributed by atoms with Crippen molar-refractivity contribution in [3.63, 3.8) is 0 Å². The molecule has 0 aliphatic carbocycles. The molecule has 3 heteroatoms. The van der Waals surface area contributed by atoms with Crippen LogP contribution >= 0.6 is 0 Å². The smallest absolute Gasteiger partial charge is 0.287 e. The van der Waals surface area contributed by atoms with Crippen LogP contribution in [-0.4, -0.2) is 5.91 Å². The zero-order valence-corrected chi connectivity index (χ0v) is 9.94. The van der Waals surface area contributed by atoms with E-state index in [0.29, 0.717) is 5.76 Å². The standard InChI is InChI=1S/C14H15NO2/c1-10-5-3-6-12(9-10)11(2)15-14(16)13-7-4-8-17-13/h3-9,11H,1-2H3,(H,15,16)/t11-/m1/s1. The van der Waals surface area contributed by atoms with Crippen molar-refractivity contribution >= 4 is 5.91 Å². The summed E-state index contributed by atoms with van der Waals surface area (Å²) >= 11 is 0. The van der Waals surface area contributed by atoms with Crippen LogP contribution in [0.1, 0.15) is 34.6 Å². The number of benzene rings is 1. The lowest BCUT2D eigenvalue weighted by atomic mass is 10.1. The summed E-state index contributed by atoms with van der Waals surface area (Å²) in [4.78, 5) is 11.8. The van der Waals surface area contributed by atoms with Crippen molar-refractivity contribution in [1.82, 2.24) is 5.32 Å². The van der Waals surface area contributed by atoms with Crippen LogP contribution in [0.15, 0.2) is 47.1 Å². The number of aryl methyl sites for hydroxylation is 1. The average molecular weight is 229 g/mol. The molecule has 0 saturated heterocycles. The molecule has 0 aliphatic heterocycles. The second kappa shape index (κ2) is 4.87. The predicted molar refractivity (Wildman–Crippen MR) is 65.8 cm³/mol. The van der Waals surface area contributed by atoms with Gasteiger partial charge in [0.25, 0.3) is 5.91 Å². The van der Waals surface area contributed by atoms with E-state index >= 15 is 0 Å². The maximum absolute atomic E-state index is 11.8. The Kier molecular flexibility index (Phi) is 3.28. The van der Waals surface area contributed by atoms with E-state index in [1.807, 2.05) is 32.0 Å². The van der Waals surface area contributed by atoms with E-state index in [9.17, 15) is 4.79 Å². The van der Waals surface area contributed by atoms with E-state index in [1.54, 1.807) is 12.1 Å². The van der Waals surface area contributed by atoms with Gasteiger partial charge < -0.3 is 9.73 Å². The van der Waals surface area contributed by atoms with Gasteiger partial charge >= 0.3 is 0 Å². The Morgan fingerprint density at radius 3 is 2.76 bits per heavy atom. The van der Waals surface area contributed by atoms with Crippen LogP contribution in [0.5, 0.6) is 0 Å². The van der Waals surface area contributed by atoms with Crippen LogP contribution in [0.3, 0.4) is 0 Å². The third-order valence-electron chi connectivity index (χ3n) is 2.63. The SMILES string of the molecule is Cc1cccc([C@@H](C)NC(=O)c2ccco2)c1. The Morgan fingerprint density at radius 1 is 1.29 bits per heavy atom. The summed E-state index contributed by atoms with van der Waals surface area (Å²) < 4.78 is 5.04. The number of furan rings is 1. The molecule has 0 radical (unpaired) electrons. The van der Waals surface area contributed by atoms with Crippen LogP contribution in [0.25, 0.3) is 0 Å². The van der Waals surface area contributed by atoms with Crippen molar-refractivity contribution in [3.8, 4) is 0 Å². The molecule has 1 N–H and O–H groups in total. The summed E-state index contributed by atoms with van der Waals surface area (Å²) in [6.07, 6.45) is 1.49. The highest BCUT2D eigenvalue weighted by Crippen LogP contribution is 2.14. The van der Waals surface area contributed by atoms with Crippen LogP contribution in [-0.2, 0) is 0 Å². The van der Waals surface area contributed by atoms with Crippen LogP contribution < -0.4 is 5.32 Å². The van der Waals surface area contributed by atoms with Crippen molar-refractivity contribution in [1.29, 1.82) is 0 Å². The average Bonchev–Trinajstić information content (AvgIpc) is 2.82. The van der Waals surface area contributed by atoms with Crippen LogP contribution in [0.4, 0.5) is 0 Å². The number of hydrogen-bond donors (Lipinski definition) is 1. The van der Waals surface area contributed by atoms with E-state index in [2.05, 4.69) is 11.4 Å². The van der Waals surface area contributed by atoms with Gasteiger partial charge in [-0.15, -0.1) is 0 Å². The van der Waals surface area contributed by atoms with E-state index < -0.39 is 0 Å². The fourth-order valence-corrected chi connectivity index (χ4v) is 1.70. The minimum Gasteiger partial charge on any atom is -0.459 e. The Labute approximate surface area is 100 Å². The molecule has 0 aliphatic rings. The van der Waals surface area contributed by atoms with Gasteiger partial charge in [-0.05, 0) is 31.5 Å². The van der Waals surface area contributed by atoms with Crippen molar-refractivity contribution in [3.05, 3.63) is 59.5 Å². The lowest BCUT2D eigenvalue weighted by Crippen LogP contribution is -2.26. The number of hydrogen-bond acceptors (Lipinski definition) is 2. The molecular weight excluding hydrogens is 214 g/mol. The first kappa shape index (κ1) is 11.5. The third-order valence-corrected chi connectivity index (χ3v) is 2.63. The Balaban J connectivity index is 2.07. The number of carbonyl (C=O) groups excluding carboxylic acids is 1. The zero-order chi connectivity index (χ0) is 12.3. The molecule has 0 saturated carbocycles. The Bertz CT molecular complexity index is 503.